The van der Waals surface area contributed by atoms with Gasteiger partial charge in [-0.15, -0.1) is 6.58 Å². The van der Waals surface area contributed by atoms with E-state index in [1.54, 1.807) is 0 Å². The number of allylic oxidation sites excluding steroid dienone is 4. The van der Waals surface area contributed by atoms with Crippen LogP contribution in [0.5, 0.6) is 0 Å². The van der Waals surface area contributed by atoms with Crippen LogP contribution in [0.4, 0.5) is 11.4 Å². The first-order valence-corrected chi connectivity index (χ1v) is 17.5. The Morgan fingerprint density at radius 2 is 1.40 bits per heavy atom. The van der Waals surface area contributed by atoms with Gasteiger partial charge in [-0.2, -0.15) is 0 Å². The van der Waals surface area contributed by atoms with Gasteiger partial charge in [0.05, 0.1) is 0 Å². The lowest BCUT2D eigenvalue weighted by Crippen LogP contribution is -2.16. The van der Waals surface area contributed by atoms with Gasteiger partial charge in [-0.1, -0.05) is 89.9 Å². The van der Waals surface area contributed by atoms with Crippen LogP contribution < -0.4 is 16.8 Å². The lowest BCUT2D eigenvalue weighted by Gasteiger charge is -2.20. The number of nitrogens with two attached hydrogens (primary N) is 2. The summed E-state index contributed by atoms with van der Waals surface area (Å²) in [6.07, 6.45) is 20.2. The van der Waals surface area contributed by atoms with Gasteiger partial charge in [-0.25, -0.2) is 0 Å². The first-order chi connectivity index (χ1) is 22.7. The number of likely N-dealkylation sites (tertiary alicyclic amines) is 1. The molecule has 0 aliphatic carbocycles. The summed E-state index contributed by atoms with van der Waals surface area (Å²) < 4.78 is 0. The van der Waals surface area contributed by atoms with E-state index in [0.29, 0.717) is 0 Å². The van der Waals surface area contributed by atoms with Crippen LogP contribution in [0.25, 0.3) is 0 Å². The molecule has 2 aromatic carbocycles. The van der Waals surface area contributed by atoms with Gasteiger partial charge in [-0.3, -0.25) is 0 Å². The quantitative estimate of drug-likeness (QED) is 0.0735. The smallest absolute Gasteiger partial charge is 0.0329 e. The second kappa shape index (κ2) is 31.8. The highest BCUT2D eigenvalue weighted by Gasteiger charge is 2.04. The Morgan fingerprint density at radius 3 is 1.83 bits per heavy atom. The van der Waals surface area contributed by atoms with Gasteiger partial charge >= 0.3 is 0 Å². The molecule has 47 heavy (non-hydrogen) atoms. The minimum absolute atomic E-state index is 0.826. The van der Waals surface area contributed by atoms with Crippen molar-refractivity contribution in [1.29, 1.82) is 0 Å². The van der Waals surface area contributed by atoms with Crippen LogP contribution >= 0.6 is 0 Å². The van der Waals surface area contributed by atoms with Crippen molar-refractivity contribution >= 4 is 11.4 Å². The number of anilines is 2. The Labute approximate surface area is 290 Å². The summed E-state index contributed by atoms with van der Waals surface area (Å²) in [5.41, 5.74) is 17.5. The predicted molar refractivity (Wildman–Crippen MR) is 214 cm³/mol. The van der Waals surface area contributed by atoms with E-state index in [1.807, 2.05) is 75.7 Å². The number of nitrogens with one attached hydrogen (secondary N) is 1. The van der Waals surface area contributed by atoms with Crippen LogP contribution in [0, 0.1) is 0 Å². The first kappa shape index (κ1) is 45.0. The van der Waals surface area contributed by atoms with E-state index < -0.39 is 0 Å². The molecule has 1 heterocycles. The van der Waals surface area contributed by atoms with Crippen molar-refractivity contribution in [3.8, 4) is 0 Å². The summed E-state index contributed by atoms with van der Waals surface area (Å²) in [5.74, 6) is 0. The van der Waals surface area contributed by atoms with Gasteiger partial charge in [-0.05, 0) is 119 Å². The molecule has 0 spiro atoms. The van der Waals surface area contributed by atoms with E-state index in [-0.39, 0.29) is 0 Å². The molecular formula is C42H69N5. The van der Waals surface area contributed by atoms with Crippen LogP contribution in [0.1, 0.15) is 90.7 Å². The van der Waals surface area contributed by atoms with E-state index in [1.165, 1.54) is 49.9 Å². The van der Waals surface area contributed by atoms with Crippen molar-refractivity contribution in [2.24, 2.45) is 0 Å². The predicted octanol–water partition coefficient (Wildman–Crippen LogP) is 10.7. The Kier molecular flexibility index (Phi) is 30.5. The molecule has 0 atom stereocenters. The fraction of sp³-hybridized carbons (Fsp3) is 0.429. The maximum Gasteiger partial charge on any atom is 0.0329 e. The third kappa shape index (κ3) is 25.7. The van der Waals surface area contributed by atoms with Gasteiger partial charge < -0.3 is 26.6 Å². The third-order valence-electron chi connectivity index (χ3n) is 7.16. The maximum atomic E-state index is 5.54. The van der Waals surface area contributed by atoms with Gasteiger partial charge in [0.25, 0.3) is 0 Å². The van der Waals surface area contributed by atoms with Crippen LogP contribution in [0.3, 0.4) is 0 Å². The highest BCUT2D eigenvalue weighted by Crippen LogP contribution is 2.10. The monoisotopic (exact) mass is 644 g/mol. The molecule has 0 aromatic heterocycles. The molecule has 5 N–H and O–H groups in total. The number of rotatable bonds is 16. The zero-order valence-corrected chi connectivity index (χ0v) is 30.8. The molecule has 0 unspecified atom stereocenters. The van der Waals surface area contributed by atoms with Gasteiger partial charge in [0.1, 0.15) is 0 Å². The van der Waals surface area contributed by atoms with E-state index in [2.05, 4.69) is 86.1 Å². The Balaban J connectivity index is 0. The Hall–Kier alpha value is -4.12. The van der Waals surface area contributed by atoms with Crippen molar-refractivity contribution in [3.63, 3.8) is 0 Å². The average molecular weight is 644 g/mol. The lowest BCUT2D eigenvalue weighted by atomic mass is 10.1. The number of nitrogen functional groups attached to an aromatic ring is 2. The number of unbranched alkanes of at least 4 members (excludes halogenated alkanes) is 2. The van der Waals surface area contributed by atoms with Crippen molar-refractivity contribution < 1.29 is 0 Å². The number of hydrogen-bond acceptors (Lipinski definition) is 5. The molecule has 3 rings (SSSR count). The summed E-state index contributed by atoms with van der Waals surface area (Å²) in [6.45, 7) is 33.8. The summed E-state index contributed by atoms with van der Waals surface area (Å²) in [5, 5.41) is 3.25. The molecule has 5 heteroatoms. The number of nitrogens with zero attached hydrogens (tertiary/aromatic N) is 2. The Bertz CT molecular complexity index is 1090. The zero-order valence-electron chi connectivity index (χ0n) is 30.8. The second-order valence-electron chi connectivity index (χ2n) is 10.9. The number of benzene rings is 2. The van der Waals surface area contributed by atoms with E-state index in [0.717, 1.165) is 68.0 Å². The molecule has 5 nitrogen and oxygen atoms in total. The normalized spacial score (nSPS) is 11.1. The standard InChI is InChI=1S/C16H28N2.C10H13N.C8H11N.C6H11N.C2H6/c1-6-12-16(5)18(8-3)14-11-9-10-13-15(4)17-7-2;1-2-3-4-9-5-7-10(11)8-6-9;1-2-7-3-5-8(9)6-4-7;1-2-7-5-3-4-6-7;1-2/h6,8,12,17H,3-5,7,9-11,13-14H2,1-2H3;2,5-8H,1,3-4,11H2;3-6H,2,9H2,1H3;2H,1,3-6H2;1-2H3/b12-6-;;;;. The first-order valence-electron chi connectivity index (χ1n) is 17.5. The Morgan fingerprint density at radius 1 is 0.851 bits per heavy atom. The van der Waals surface area contributed by atoms with E-state index in [9.17, 15) is 0 Å². The summed E-state index contributed by atoms with van der Waals surface area (Å²) in [4.78, 5) is 4.35. The minimum Gasteiger partial charge on any atom is -0.399 e. The molecular weight excluding hydrogens is 574 g/mol. The van der Waals surface area contributed by atoms with E-state index >= 15 is 0 Å². The lowest BCUT2D eigenvalue weighted by molar-refractivity contribution is 0.452. The van der Waals surface area contributed by atoms with Crippen LogP contribution in [0.15, 0.2) is 123 Å². The average Bonchev–Trinajstić information content (AvgIpc) is 3.63. The second-order valence-corrected chi connectivity index (χ2v) is 10.9. The van der Waals surface area contributed by atoms with Crippen LogP contribution in [-0.2, 0) is 12.8 Å². The molecule has 0 bridgehead atoms. The molecule has 1 saturated heterocycles. The highest BCUT2D eigenvalue weighted by atomic mass is 15.1. The molecule has 0 radical (unpaired) electrons. The third-order valence-corrected chi connectivity index (χ3v) is 7.16. The molecule has 1 fully saturated rings. The van der Waals surface area contributed by atoms with Gasteiger partial charge in [0, 0.05) is 48.9 Å². The topological polar surface area (TPSA) is 70.5 Å². The fourth-order valence-electron chi connectivity index (χ4n) is 4.41. The van der Waals surface area contributed by atoms with Crippen molar-refractivity contribution in [2.45, 2.75) is 92.4 Å². The summed E-state index contributed by atoms with van der Waals surface area (Å²) >= 11 is 0. The molecule has 0 saturated carbocycles. The van der Waals surface area contributed by atoms with Gasteiger partial charge in [0.2, 0.25) is 0 Å². The maximum absolute atomic E-state index is 5.54. The largest absolute Gasteiger partial charge is 0.399 e. The zero-order chi connectivity index (χ0) is 35.7. The highest BCUT2D eigenvalue weighted by molar-refractivity contribution is 5.39. The molecule has 2 aromatic rings. The summed E-state index contributed by atoms with van der Waals surface area (Å²) in [6, 6.07) is 15.9. The summed E-state index contributed by atoms with van der Waals surface area (Å²) in [7, 11) is 0. The van der Waals surface area contributed by atoms with Gasteiger partial charge in [0.15, 0.2) is 0 Å². The molecule has 262 valence electrons. The SMILES string of the molecule is C=CCCc1ccc(N)cc1.C=CN(CCCCCC(=C)NCC)C(=C)/C=C\C.C=CN1CCCC1.CC.CCc1ccc(N)cc1. The number of hydrogen-bond donors (Lipinski definition) is 3. The molecule has 1 aliphatic rings. The number of aryl methyl sites for hydroxylation is 2. The van der Waals surface area contributed by atoms with E-state index in [4.69, 9.17) is 11.5 Å². The van der Waals surface area contributed by atoms with Crippen molar-refractivity contribution in [1.82, 2.24) is 15.1 Å². The molecule has 1 aliphatic heterocycles. The fourth-order valence-corrected chi connectivity index (χ4v) is 4.41. The molecule has 0 amide bonds. The van der Waals surface area contributed by atoms with Crippen molar-refractivity contribution in [3.05, 3.63) is 135 Å². The minimum atomic E-state index is 0.826. The van der Waals surface area contributed by atoms with Crippen LogP contribution in [-0.4, -0.2) is 36.0 Å². The van der Waals surface area contributed by atoms with Crippen LogP contribution in [0.2, 0.25) is 0 Å². The van der Waals surface area contributed by atoms with Crippen molar-refractivity contribution in [2.75, 3.05) is 37.6 Å².